The minimum atomic E-state index is 0.0862. The number of fused-ring (bicyclic) bond motifs is 1. The molecule has 0 aliphatic carbocycles. The summed E-state index contributed by atoms with van der Waals surface area (Å²) < 4.78 is 10.7. The molecule has 1 aromatic heterocycles. The van der Waals surface area contributed by atoms with Crippen molar-refractivity contribution in [3.63, 3.8) is 0 Å². The molecule has 0 spiro atoms. The second kappa shape index (κ2) is 5.05. The number of Topliss-reactive ketones (excluding diaryl/α,β-unsaturated/α-hetero) is 1. The van der Waals surface area contributed by atoms with Crippen LogP contribution in [0.1, 0.15) is 29.6 Å². The molecule has 4 heteroatoms. The number of aromatic amines is 1. The maximum atomic E-state index is 12.3. The fraction of sp³-hybridized carbons (Fsp3) is 0.400. The van der Waals surface area contributed by atoms with Gasteiger partial charge in [-0.25, -0.2) is 0 Å². The monoisotopic (exact) mass is 259 g/mol. The number of rotatable bonds is 4. The van der Waals surface area contributed by atoms with E-state index >= 15 is 0 Å². The fourth-order valence-electron chi connectivity index (χ4n) is 2.58. The molecule has 2 heterocycles. The number of aromatic nitrogens is 1. The summed E-state index contributed by atoms with van der Waals surface area (Å²) in [5, 5.41) is 0.919. The number of H-pyrrole nitrogens is 1. The smallest absolute Gasteiger partial charge is 0.167 e. The summed E-state index contributed by atoms with van der Waals surface area (Å²) >= 11 is 0. The highest BCUT2D eigenvalue weighted by Gasteiger charge is 2.21. The second-order valence-electron chi connectivity index (χ2n) is 4.88. The molecule has 1 unspecified atom stereocenters. The summed E-state index contributed by atoms with van der Waals surface area (Å²) in [5.41, 5.74) is 1.68. The standard InChI is InChI=1S/C15H17NO3/c1-18-10-4-5-14-12(7-10)13(9-16-14)15(17)8-11-3-2-6-19-11/h4-5,7,9,11,16H,2-3,6,8H2,1H3. The van der Waals surface area contributed by atoms with Gasteiger partial charge in [-0.1, -0.05) is 0 Å². The van der Waals surface area contributed by atoms with Crippen LogP contribution < -0.4 is 4.74 Å². The van der Waals surface area contributed by atoms with Crippen LogP contribution >= 0.6 is 0 Å². The number of ketones is 1. The number of nitrogens with one attached hydrogen (secondary N) is 1. The van der Waals surface area contributed by atoms with Gasteiger partial charge in [0.15, 0.2) is 5.78 Å². The van der Waals surface area contributed by atoms with E-state index in [2.05, 4.69) is 4.98 Å². The second-order valence-corrected chi connectivity index (χ2v) is 4.88. The van der Waals surface area contributed by atoms with Gasteiger partial charge in [-0.2, -0.15) is 0 Å². The first-order valence-corrected chi connectivity index (χ1v) is 6.58. The summed E-state index contributed by atoms with van der Waals surface area (Å²) in [6.07, 6.45) is 4.37. The first-order chi connectivity index (χ1) is 9.28. The minimum Gasteiger partial charge on any atom is -0.497 e. The third kappa shape index (κ3) is 2.36. The molecule has 1 aliphatic heterocycles. The molecule has 1 saturated heterocycles. The molecule has 0 bridgehead atoms. The molecule has 4 nitrogen and oxygen atoms in total. The van der Waals surface area contributed by atoms with Crippen molar-refractivity contribution >= 4 is 16.7 Å². The van der Waals surface area contributed by atoms with Gasteiger partial charge in [0.2, 0.25) is 0 Å². The van der Waals surface area contributed by atoms with Gasteiger partial charge in [-0.15, -0.1) is 0 Å². The average molecular weight is 259 g/mol. The zero-order chi connectivity index (χ0) is 13.2. The molecule has 0 saturated carbocycles. The lowest BCUT2D eigenvalue weighted by Crippen LogP contribution is -2.12. The molecule has 0 amide bonds. The van der Waals surface area contributed by atoms with Crippen LogP contribution in [0.4, 0.5) is 0 Å². The van der Waals surface area contributed by atoms with E-state index in [1.165, 1.54) is 0 Å². The van der Waals surface area contributed by atoms with E-state index < -0.39 is 0 Å². The molecule has 1 atom stereocenters. The van der Waals surface area contributed by atoms with E-state index in [9.17, 15) is 4.79 Å². The number of carbonyl (C=O) groups is 1. The van der Waals surface area contributed by atoms with Gasteiger partial charge in [0.1, 0.15) is 5.75 Å². The Balaban J connectivity index is 1.88. The van der Waals surface area contributed by atoms with Crippen LogP contribution in [0.15, 0.2) is 24.4 Å². The first kappa shape index (κ1) is 12.2. The normalized spacial score (nSPS) is 18.9. The Labute approximate surface area is 111 Å². The quantitative estimate of drug-likeness (QED) is 0.859. The summed E-state index contributed by atoms with van der Waals surface area (Å²) in [6.45, 7) is 0.777. The Morgan fingerprint density at radius 1 is 1.53 bits per heavy atom. The third-order valence-corrected chi connectivity index (χ3v) is 3.63. The molecule has 3 rings (SSSR count). The molecular weight excluding hydrogens is 242 g/mol. The lowest BCUT2D eigenvalue weighted by molar-refractivity contribution is 0.0777. The lowest BCUT2D eigenvalue weighted by Gasteiger charge is -2.07. The van der Waals surface area contributed by atoms with Gasteiger partial charge in [0.05, 0.1) is 13.2 Å². The highest BCUT2D eigenvalue weighted by Crippen LogP contribution is 2.26. The average Bonchev–Trinajstić information content (AvgIpc) is 3.06. The Morgan fingerprint density at radius 2 is 2.42 bits per heavy atom. The van der Waals surface area contributed by atoms with Gasteiger partial charge in [-0.3, -0.25) is 4.79 Å². The van der Waals surface area contributed by atoms with Crippen LogP contribution in [0.2, 0.25) is 0 Å². The van der Waals surface area contributed by atoms with Crippen molar-refractivity contribution in [3.05, 3.63) is 30.0 Å². The van der Waals surface area contributed by atoms with Gasteiger partial charge in [-0.05, 0) is 31.0 Å². The number of hydrogen-bond donors (Lipinski definition) is 1. The summed E-state index contributed by atoms with van der Waals surface area (Å²) in [6, 6.07) is 5.71. The Bertz CT molecular complexity index is 596. The zero-order valence-corrected chi connectivity index (χ0v) is 10.9. The number of hydrogen-bond acceptors (Lipinski definition) is 3. The van der Waals surface area contributed by atoms with Crippen LogP contribution in [0.25, 0.3) is 10.9 Å². The first-order valence-electron chi connectivity index (χ1n) is 6.58. The molecule has 1 fully saturated rings. The van der Waals surface area contributed by atoms with Gasteiger partial charge in [0, 0.05) is 35.7 Å². The predicted molar refractivity (Wildman–Crippen MR) is 72.8 cm³/mol. The highest BCUT2D eigenvalue weighted by molar-refractivity contribution is 6.08. The number of benzene rings is 1. The molecule has 0 radical (unpaired) electrons. The van der Waals surface area contributed by atoms with Crippen molar-refractivity contribution in [2.45, 2.75) is 25.4 Å². The third-order valence-electron chi connectivity index (χ3n) is 3.63. The van der Waals surface area contributed by atoms with Crippen LogP contribution in [-0.4, -0.2) is 30.6 Å². The van der Waals surface area contributed by atoms with Gasteiger partial charge in [0.25, 0.3) is 0 Å². The SMILES string of the molecule is COc1ccc2[nH]cc(C(=O)CC3CCCO3)c2c1. The minimum absolute atomic E-state index is 0.0862. The maximum absolute atomic E-state index is 12.3. The molecule has 2 aromatic rings. The van der Waals surface area contributed by atoms with Crippen molar-refractivity contribution in [1.29, 1.82) is 0 Å². The van der Waals surface area contributed by atoms with Crippen molar-refractivity contribution < 1.29 is 14.3 Å². The predicted octanol–water partition coefficient (Wildman–Crippen LogP) is 2.93. The summed E-state index contributed by atoms with van der Waals surface area (Å²) in [5.74, 6) is 0.893. The van der Waals surface area contributed by atoms with E-state index in [1.807, 2.05) is 18.2 Å². The van der Waals surface area contributed by atoms with Crippen molar-refractivity contribution in [1.82, 2.24) is 4.98 Å². The van der Waals surface area contributed by atoms with Crippen LogP contribution in [0, 0.1) is 0 Å². The number of carbonyl (C=O) groups excluding carboxylic acids is 1. The highest BCUT2D eigenvalue weighted by atomic mass is 16.5. The van der Waals surface area contributed by atoms with Gasteiger partial charge < -0.3 is 14.5 Å². The molecule has 19 heavy (non-hydrogen) atoms. The summed E-state index contributed by atoms with van der Waals surface area (Å²) in [4.78, 5) is 15.5. The molecular formula is C15H17NO3. The number of methoxy groups -OCH3 is 1. The Kier molecular flexibility index (Phi) is 3.25. The largest absolute Gasteiger partial charge is 0.497 e. The van der Waals surface area contributed by atoms with Gasteiger partial charge >= 0.3 is 0 Å². The van der Waals surface area contributed by atoms with Crippen LogP contribution in [-0.2, 0) is 4.74 Å². The topological polar surface area (TPSA) is 51.3 Å². The fourth-order valence-corrected chi connectivity index (χ4v) is 2.58. The Hall–Kier alpha value is -1.81. The lowest BCUT2D eigenvalue weighted by atomic mass is 10.0. The van der Waals surface area contributed by atoms with Crippen LogP contribution in [0.3, 0.4) is 0 Å². The van der Waals surface area contributed by atoms with Crippen molar-refractivity contribution in [2.75, 3.05) is 13.7 Å². The molecule has 1 aromatic carbocycles. The molecule has 100 valence electrons. The van der Waals surface area contributed by atoms with E-state index in [0.29, 0.717) is 6.42 Å². The maximum Gasteiger partial charge on any atom is 0.167 e. The van der Waals surface area contributed by atoms with E-state index in [0.717, 1.165) is 41.7 Å². The molecule has 1 N–H and O–H groups in total. The van der Waals surface area contributed by atoms with Crippen molar-refractivity contribution in [3.8, 4) is 5.75 Å². The van der Waals surface area contributed by atoms with E-state index in [1.54, 1.807) is 13.3 Å². The zero-order valence-electron chi connectivity index (χ0n) is 10.9. The van der Waals surface area contributed by atoms with Crippen molar-refractivity contribution in [2.24, 2.45) is 0 Å². The number of ether oxygens (including phenoxy) is 2. The Morgan fingerprint density at radius 3 is 3.16 bits per heavy atom. The van der Waals surface area contributed by atoms with Crippen LogP contribution in [0.5, 0.6) is 5.75 Å². The van der Waals surface area contributed by atoms with E-state index in [4.69, 9.17) is 9.47 Å². The summed E-state index contributed by atoms with van der Waals surface area (Å²) in [7, 11) is 1.63. The van der Waals surface area contributed by atoms with E-state index in [-0.39, 0.29) is 11.9 Å². The molecule has 1 aliphatic rings.